The van der Waals surface area contributed by atoms with Gasteiger partial charge in [0.15, 0.2) is 0 Å². The van der Waals surface area contributed by atoms with E-state index in [1.165, 1.54) is 24.0 Å². The minimum atomic E-state index is -1.34. The Hall–Kier alpha value is -5.85. The number of rotatable bonds is 9. The molecule has 0 radical (unpaired) electrons. The highest BCUT2D eigenvalue weighted by Gasteiger charge is 2.20. The monoisotopic (exact) mass is 772 g/mol. The van der Waals surface area contributed by atoms with Gasteiger partial charge in [-0.3, -0.25) is 9.59 Å². The van der Waals surface area contributed by atoms with Crippen LogP contribution in [0.5, 0.6) is 0 Å². The molecule has 2 heterocycles. The molecule has 6 aromatic rings. The van der Waals surface area contributed by atoms with Crippen molar-refractivity contribution in [3.63, 3.8) is 0 Å². The number of anilines is 1. The Morgan fingerprint density at radius 1 is 0.727 bits per heavy atom. The molecule has 6 rings (SSSR count). The van der Waals surface area contributed by atoms with Gasteiger partial charge in [0.2, 0.25) is 10.9 Å². The summed E-state index contributed by atoms with van der Waals surface area (Å²) in [4.78, 5) is 48.7. The lowest BCUT2D eigenvalue weighted by Gasteiger charge is -2.22. The van der Waals surface area contributed by atoms with Crippen molar-refractivity contribution >= 4 is 51.0 Å². The molecule has 55 heavy (non-hydrogen) atoms. The fourth-order valence-electron chi connectivity index (χ4n) is 5.90. The van der Waals surface area contributed by atoms with E-state index in [0.29, 0.717) is 23.3 Å². The molecule has 0 saturated heterocycles. The van der Waals surface area contributed by atoms with E-state index in [4.69, 9.17) is 16.7 Å². The highest BCUT2D eigenvalue weighted by molar-refractivity contribution is 6.31. The van der Waals surface area contributed by atoms with Crippen molar-refractivity contribution in [3.8, 4) is 0 Å². The van der Waals surface area contributed by atoms with Gasteiger partial charge in [-0.25, -0.2) is 18.4 Å². The number of carbonyl (C=O) groups is 2. The summed E-state index contributed by atoms with van der Waals surface area (Å²) in [7, 11) is 3.73. The van der Waals surface area contributed by atoms with Crippen molar-refractivity contribution in [2.45, 2.75) is 52.9 Å². The van der Waals surface area contributed by atoms with Crippen LogP contribution in [0.3, 0.4) is 0 Å². The number of hydrogen-bond donors (Lipinski definition) is 3. The number of carboxylic acids is 2. The van der Waals surface area contributed by atoms with E-state index in [1.54, 1.807) is 27.1 Å². The summed E-state index contributed by atoms with van der Waals surface area (Å²) in [6.07, 6.45) is 2.59. The minimum Gasteiger partial charge on any atom is -0.477 e. The van der Waals surface area contributed by atoms with Crippen molar-refractivity contribution in [1.82, 2.24) is 14.5 Å². The number of halogens is 3. The second-order valence-corrected chi connectivity index (χ2v) is 13.7. The maximum atomic E-state index is 14.8. The van der Waals surface area contributed by atoms with Crippen molar-refractivity contribution in [2.24, 2.45) is 0 Å². The molecule has 0 fully saturated rings. The lowest BCUT2D eigenvalue weighted by molar-refractivity contribution is 0.0684. The third-order valence-corrected chi connectivity index (χ3v) is 8.94. The molecule has 0 aliphatic carbocycles. The zero-order valence-corrected chi connectivity index (χ0v) is 32.1. The number of fused-ring (bicyclic) bond motifs is 2. The van der Waals surface area contributed by atoms with E-state index < -0.39 is 34.4 Å². The summed E-state index contributed by atoms with van der Waals surface area (Å²) in [6.45, 7) is 8.88. The smallest absolute Gasteiger partial charge is 0.341 e. The third kappa shape index (κ3) is 10.0. The third-order valence-electron chi connectivity index (χ3n) is 8.65. The zero-order chi connectivity index (χ0) is 40.6. The molecular formula is C42H43ClF2N4O6. The summed E-state index contributed by atoms with van der Waals surface area (Å²) >= 11 is 5.71. The predicted molar refractivity (Wildman–Crippen MR) is 214 cm³/mol. The Kier molecular flexibility index (Phi) is 14.1. The number of benzene rings is 4. The molecule has 0 spiro atoms. The Morgan fingerprint density at radius 2 is 1.16 bits per heavy atom. The van der Waals surface area contributed by atoms with Gasteiger partial charge >= 0.3 is 11.9 Å². The van der Waals surface area contributed by atoms with Gasteiger partial charge in [0, 0.05) is 55.4 Å². The Labute approximate surface area is 321 Å². The second kappa shape index (κ2) is 18.5. The van der Waals surface area contributed by atoms with Gasteiger partial charge in [0.1, 0.15) is 22.8 Å². The Bertz CT molecular complexity index is 2430. The fraction of sp³-hybridized carbons (Fsp3) is 0.238. The van der Waals surface area contributed by atoms with E-state index in [-0.39, 0.29) is 39.0 Å². The normalized spacial score (nSPS) is 10.9. The van der Waals surface area contributed by atoms with Crippen LogP contribution in [0.1, 0.15) is 71.6 Å². The van der Waals surface area contributed by atoms with Crippen LogP contribution in [-0.4, -0.2) is 45.4 Å². The number of nitrogens with zero attached hydrogens (tertiary/aromatic N) is 3. The van der Waals surface area contributed by atoms with E-state index >= 15 is 0 Å². The molecule has 0 unspecified atom stereocenters. The summed E-state index contributed by atoms with van der Waals surface area (Å²) in [5.41, 5.74) is 1.50. The molecule has 0 aliphatic heterocycles. The Morgan fingerprint density at radius 3 is 1.60 bits per heavy atom. The van der Waals surface area contributed by atoms with Crippen LogP contribution in [0.4, 0.5) is 14.5 Å². The predicted octanol–water partition coefficient (Wildman–Crippen LogP) is 8.54. The minimum absolute atomic E-state index is 0.00972. The highest BCUT2D eigenvalue weighted by atomic mass is 35.5. The molecule has 10 nitrogen and oxygen atoms in total. The zero-order valence-electron chi connectivity index (χ0n) is 31.3. The maximum absolute atomic E-state index is 14.8. The van der Waals surface area contributed by atoms with Gasteiger partial charge in [-0.2, -0.15) is 0 Å². The molecule has 0 amide bonds. The molecule has 0 bridgehead atoms. The number of aromatic nitrogens is 2. The highest BCUT2D eigenvalue weighted by Crippen LogP contribution is 2.28. The number of pyridine rings is 2. The summed E-state index contributed by atoms with van der Waals surface area (Å²) in [5, 5.41) is 21.4. The number of aromatic carboxylic acids is 2. The van der Waals surface area contributed by atoms with Gasteiger partial charge in [0.05, 0.1) is 21.7 Å². The lowest BCUT2D eigenvalue weighted by Crippen LogP contribution is -2.22. The Balaban J connectivity index is 0.000000207. The quantitative estimate of drug-likeness (QED) is 0.133. The van der Waals surface area contributed by atoms with Crippen molar-refractivity contribution < 1.29 is 28.6 Å². The van der Waals surface area contributed by atoms with Gasteiger partial charge in [-0.05, 0) is 70.1 Å². The first kappa shape index (κ1) is 41.9. The van der Waals surface area contributed by atoms with Crippen LogP contribution in [0.2, 0.25) is 5.02 Å². The molecule has 2 aromatic heterocycles. The van der Waals surface area contributed by atoms with Crippen LogP contribution in [0, 0.1) is 11.6 Å². The first-order chi connectivity index (χ1) is 26.0. The largest absolute Gasteiger partial charge is 0.477 e. The first-order valence-corrected chi connectivity index (χ1v) is 17.8. The van der Waals surface area contributed by atoms with E-state index in [1.807, 2.05) is 83.3 Å². The molecule has 3 N–H and O–H groups in total. The molecule has 0 aliphatic rings. The van der Waals surface area contributed by atoms with Crippen LogP contribution in [0.15, 0.2) is 107 Å². The lowest BCUT2D eigenvalue weighted by atomic mass is 10.1. The van der Waals surface area contributed by atoms with Crippen molar-refractivity contribution in [2.75, 3.05) is 19.0 Å². The molecular weight excluding hydrogens is 730 g/mol. The number of carboxylic acid groups (broad SMARTS) is 2. The molecule has 13 heteroatoms. The summed E-state index contributed by atoms with van der Waals surface area (Å²) in [6, 6.07) is 24.9. The molecule has 0 atom stereocenters. The molecule has 0 saturated carbocycles. The number of nitrogens with one attached hydrogen (secondary N) is 1. The van der Waals surface area contributed by atoms with Gasteiger partial charge < -0.3 is 29.6 Å². The standard InChI is InChI=1S/C21H21FN2O3.C13H11ClFNO3.C8H11N/c1-13(2)24-12-16(21(26)27)20(25)15-9-17(22)19(10-18(15)24)23(3)11-14-7-5-4-6-8-14;1-6(2)16-5-8(13(18)19)12(17)7-3-10(15)9(14)4-11(7)16;1-9-7-8-5-3-2-4-6-8/h4-10,12-13H,11H2,1-3H3,(H,26,27);3-6H,1-2H3,(H,18,19);2-6,9H,7H2,1H3. The van der Waals surface area contributed by atoms with Crippen LogP contribution < -0.4 is 21.1 Å². The number of hydrogen-bond acceptors (Lipinski definition) is 6. The van der Waals surface area contributed by atoms with Crippen LogP contribution in [0.25, 0.3) is 21.8 Å². The summed E-state index contributed by atoms with van der Waals surface area (Å²) in [5.74, 6) is -3.96. The van der Waals surface area contributed by atoms with Crippen molar-refractivity contribution in [1.29, 1.82) is 0 Å². The molecule has 4 aromatic carbocycles. The second-order valence-electron chi connectivity index (χ2n) is 13.3. The average Bonchev–Trinajstić information content (AvgIpc) is 3.13. The van der Waals surface area contributed by atoms with Gasteiger partial charge in [0.25, 0.3) is 0 Å². The van der Waals surface area contributed by atoms with Crippen LogP contribution in [-0.2, 0) is 13.1 Å². The van der Waals surface area contributed by atoms with E-state index in [2.05, 4.69) is 17.4 Å². The van der Waals surface area contributed by atoms with Crippen molar-refractivity contribution in [3.05, 3.63) is 157 Å². The van der Waals surface area contributed by atoms with Crippen LogP contribution >= 0.6 is 11.6 Å². The van der Waals surface area contributed by atoms with Gasteiger partial charge in [-0.1, -0.05) is 72.3 Å². The van der Waals surface area contributed by atoms with Gasteiger partial charge in [-0.15, -0.1) is 0 Å². The SMILES string of the molecule is CC(C)n1cc(C(=O)O)c(=O)c2cc(F)c(Cl)cc21.CC(C)n1cc(C(=O)O)c(=O)c2cc(F)c(N(C)Cc3ccccc3)cc21.CNCc1ccccc1. The van der Waals surface area contributed by atoms with E-state index in [0.717, 1.165) is 24.2 Å². The average molecular weight is 773 g/mol. The van der Waals surface area contributed by atoms with E-state index in [9.17, 15) is 33.1 Å². The fourth-order valence-corrected chi connectivity index (χ4v) is 6.05. The summed E-state index contributed by atoms with van der Waals surface area (Å²) < 4.78 is 31.5. The maximum Gasteiger partial charge on any atom is 0.341 e. The first-order valence-electron chi connectivity index (χ1n) is 17.4. The topological polar surface area (TPSA) is 134 Å². The molecule has 288 valence electrons.